The second-order valence-electron chi connectivity index (χ2n) is 9.62. The van der Waals surface area contributed by atoms with Crippen LogP contribution >= 0.6 is 0 Å². The number of carbonyl (C=O) groups excluding carboxylic acids is 1. The molecular weight excluding hydrogens is 508 g/mol. The van der Waals surface area contributed by atoms with Crippen molar-refractivity contribution < 1.29 is 14.3 Å². The van der Waals surface area contributed by atoms with Crippen molar-refractivity contribution in [2.45, 2.75) is 26.7 Å². The zero-order valence-electron chi connectivity index (χ0n) is 23.5. The van der Waals surface area contributed by atoms with E-state index in [0.29, 0.717) is 18.8 Å². The Labute approximate surface area is 241 Å². The predicted octanol–water partition coefficient (Wildman–Crippen LogP) is 8.92. The van der Waals surface area contributed by atoms with Crippen molar-refractivity contribution in [1.29, 1.82) is 0 Å². The van der Waals surface area contributed by atoms with Crippen LogP contribution in [-0.4, -0.2) is 30.0 Å². The molecule has 0 atom stereocenters. The largest absolute Gasteiger partial charge is 0.494 e. The average Bonchev–Trinajstić information content (AvgIpc) is 3.41. The number of aliphatic imine (C=N–C) groups is 1. The highest BCUT2D eigenvalue weighted by atomic mass is 16.5. The lowest BCUT2D eigenvalue weighted by Crippen LogP contribution is -2.05. The number of ether oxygens (including phenoxy) is 2. The number of benzene rings is 4. The molecule has 0 unspecified atom stereocenters. The van der Waals surface area contributed by atoms with Gasteiger partial charge >= 0.3 is 5.97 Å². The first kappa shape index (κ1) is 27.7. The van der Waals surface area contributed by atoms with Crippen LogP contribution < -0.4 is 4.74 Å². The van der Waals surface area contributed by atoms with Crippen LogP contribution in [0.3, 0.4) is 0 Å². The van der Waals surface area contributed by atoms with Crippen LogP contribution in [0.1, 0.15) is 42.6 Å². The quantitative estimate of drug-likeness (QED) is 0.0951. The van der Waals surface area contributed by atoms with Gasteiger partial charge in [-0.1, -0.05) is 74.0 Å². The highest BCUT2D eigenvalue weighted by molar-refractivity contribution is 5.95. The van der Waals surface area contributed by atoms with E-state index in [1.807, 2.05) is 61.7 Å². The summed E-state index contributed by atoms with van der Waals surface area (Å²) in [5, 5.41) is 0. The van der Waals surface area contributed by atoms with E-state index >= 15 is 0 Å². The Kier molecular flexibility index (Phi) is 9.07. The van der Waals surface area contributed by atoms with Gasteiger partial charge in [0.1, 0.15) is 5.75 Å². The van der Waals surface area contributed by atoms with Crippen LogP contribution in [0.15, 0.2) is 120 Å². The molecular formula is C36H34N2O3. The predicted molar refractivity (Wildman–Crippen MR) is 167 cm³/mol. The fourth-order valence-electron chi connectivity index (χ4n) is 4.69. The van der Waals surface area contributed by atoms with Crippen molar-refractivity contribution in [1.82, 2.24) is 4.57 Å². The van der Waals surface area contributed by atoms with Gasteiger partial charge < -0.3 is 14.0 Å². The summed E-state index contributed by atoms with van der Waals surface area (Å²) in [6, 6.07) is 38.3. The Morgan fingerprint density at radius 3 is 2.10 bits per heavy atom. The molecule has 0 saturated carbocycles. The van der Waals surface area contributed by atoms with Gasteiger partial charge in [-0.05, 0) is 79.1 Å². The summed E-state index contributed by atoms with van der Waals surface area (Å²) in [7, 11) is 0. The zero-order chi connectivity index (χ0) is 28.4. The number of esters is 1. The van der Waals surface area contributed by atoms with Crippen LogP contribution in [-0.2, 0) is 4.74 Å². The van der Waals surface area contributed by atoms with Gasteiger partial charge in [-0.15, -0.1) is 0 Å². The Morgan fingerprint density at radius 2 is 1.46 bits per heavy atom. The minimum atomic E-state index is -0.305. The number of rotatable bonds is 11. The molecule has 0 bridgehead atoms. The van der Waals surface area contributed by atoms with Crippen molar-refractivity contribution >= 4 is 17.9 Å². The number of nitrogens with zero attached hydrogens (tertiary/aromatic N) is 2. The smallest absolute Gasteiger partial charge is 0.338 e. The van der Waals surface area contributed by atoms with Crippen molar-refractivity contribution in [3.63, 3.8) is 0 Å². The van der Waals surface area contributed by atoms with E-state index in [-0.39, 0.29) is 5.97 Å². The summed E-state index contributed by atoms with van der Waals surface area (Å²) in [6.45, 7) is 5.11. The second-order valence-corrected chi connectivity index (χ2v) is 9.62. The van der Waals surface area contributed by atoms with E-state index in [2.05, 4.69) is 66.1 Å². The maximum atomic E-state index is 12.3. The number of unbranched alkanes of at least 4 members (excludes halogenated alkanes) is 1. The molecule has 0 radical (unpaired) electrons. The van der Waals surface area contributed by atoms with Crippen molar-refractivity contribution in [3.05, 3.63) is 126 Å². The fraction of sp³-hybridized carbons (Fsp3) is 0.167. The molecule has 0 saturated heterocycles. The molecule has 41 heavy (non-hydrogen) atoms. The van der Waals surface area contributed by atoms with Crippen LogP contribution in [0, 0.1) is 0 Å². The van der Waals surface area contributed by atoms with Gasteiger partial charge in [0.05, 0.1) is 35.9 Å². The zero-order valence-corrected chi connectivity index (χ0v) is 23.5. The molecule has 5 aromatic rings. The lowest BCUT2D eigenvalue weighted by Gasteiger charge is -2.15. The monoisotopic (exact) mass is 542 g/mol. The van der Waals surface area contributed by atoms with E-state index in [4.69, 9.17) is 14.5 Å². The van der Waals surface area contributed by atoms with Crippen LogP contribution in [0.5, 0.6) is 5.75 Å². The molecule has 5 nitrogen and oxygen atoms in total. The van der Waals surface area contributed by atoms with Crippen LogP contribution in [0.2, 0.25) is 0 Å². The lowest BCUT2D eigenvalue weighted by atomic mass is 10.1. The Balaban J connectivity index is 1.57. The van der Waals surface area contributed by atoms with Crippen molar-refractivity contribution in [2.75, 3.05) is 13.2 Å². The third-order valence-corrected chi connectivity index (χ3v) is 6.74. The molecule has 5 heteroatoms. The third kappa shape index (κ3) is 6.64. The first-order chi connectivity index (χ1) is 20.2. The summed E-state index contributed by atoms with van der Waals surface area (Å²) < 4.78 is 13.3. The SMILES string of the molecule is CCCCOC(=O)c1ccc(N=Cc2cc(-c3ccccc3)n(-c3ccc(OCC)cc3)c2-c2ccccc2)cc1. The Morgan fingerprint density at radius 1 is 0.805 bits per heavy atom. The van der Waals surface area contributed by atoms with Gasteiger partial charge in [0.2, 0.25) is 0 Å². The van der Waals surface area contributed by atoms with Gasteiger partial charge in [-0.25, -0.2) is 4.79 Å². The van der Waals surface area contributed by atoms with E-state index in [9.17, 15) is 4.79 Å². The van der Waals surface area contributed by atoms with Gasteiger partial charge in [-0.3, -0.25) is 4.99 Å². The Bertz CT molecular complexity index is 1590. The van der Waals surface area contributed by atoms with Crippen molar-refractivity contribution in [3.8, 4) is 34.0 Å². The van der Waals surface area contributed by atoms with E-state index in [0.717, 1.165) is 58.0 Å². The van der Waals surface area contributed by atoms with Gasteiger partial charge in [-0.2, -0.15) is 0 Å². The standard InChI is InChI=1S/C36H34N2O3/c1-3-5-24-41-36(39)29-16-18-31(19-17-29)37-26-30-25-34(27-12-8-6-9-13-27)38(35(30)28-14-10-7-11-15-28)32-20-22-33(23-21-32)40-4-2/h6-23,25-26H,3-5,24H2,1-2H3. The molecule has 4 aromatic carbocycles. The van der Waals surface area contributed by atoms with Crippen LogP contribution in [0.25, 0.3) is 28.2 Å². The molecule has 0 aliphatic heterocycles. The van der Waals surface area contributed by atoms with Gasteiger partial charge in [0.15, 0.2) is 0 Å². The first-order valence-corrected chi connectivity index (χ1v) is 14.1. The topological polar surface area (TPSA) is 52.8 Å². The minimum Gasteiger partial charge on any atom is -0.494 e. The van der Waals surface area contributed by atoms with E-state index in [1.54, 1.807) is 12.1 Å². The molecule has 0 N–H and O–H groups in total. The van der Waals surface area contributed by atoms with E-state index in [1.165, 1.54) is 0 Å². The molecule has 1 aromatic heterocycles. The maximum absolute atomic E-state index is 12.3. The summed E-state index contributed by atoms with van der Waals surface area (Å²) >= 11 is 0. The second kappa shape index (κ2) is 13.4. The first-order valence-electron chi connectivity index (χ1n) is 14.1. The van der Waals surface area contributed by atoms with Gasteiger partial charge in [0, 0.05) is 17.5 Å². The number of hydrogen-bond acceptors (Lipinski definition) is 4. The summed E-state index contributed by atoms with van der Waals surface area (Å²) in [5.41, 5.74) is 7.55. The number of hydrogen-bond donors (Lipinski definition) is 0. The lowest BCUT2D eigenvalue weighted by molar-refractivity contribution is 0.0500. The van der Waals surface area contributed by atoms with Gasteiger partial charge in [0.25, 0.3) is 0 Å². The molecule has 206 valence electrons. The minimum absolute atomic E-state index is 0.305. The third-order valence-electron chi connectivity index (χ3n) is 6.74. The molecule has 5 rings (SSSR count). The Hall–Kier alpha value is -4.90. The summed E-state index contributed by atoms with van der Waals surface area (Å²) in [5.74, 6) is 0.533. The summed E-state index contributed by atoms with van der Waals surface area (Å²) in [6.07, 6.45) is 3.74. The average molecular weight is 543 g/mol. The summed E-state index contributed by atoms with van der Waals surface area (Å²) in [4.78, 5) is 17.1. The maximum Gasteiger partial charge on any atom is 0.338 e. The molecule has 0 amide bonds. The highest BCUT2D eigenvalue weighted by Gasteiger charge is 2.19. The fourth-order valence-corrected chi connectivity index (χ4v) is 4.69. The molecule has 0 fully saturated rings. The molecule has 0 aliphatic carbocycles. The number of aromatic nitrogens is 1. The highest BCUT2D eigenvalue weighted by Crippen LogP contribution is 2.36. The van der Waals surface area contributed by atoms with Crippen LogP contribution in [0.4, 0.5) is 5.69 Å². The van der Waals surface area contributed by atoms with Crippen molar-refractivity contribution in [2.24, 2.45) is 4.99 Å². The number of carbonyl (C=O) groups is 1. The van der Waals surface area contributed by atoms with E-state index < -0.39 is 0 Å². The molecule has 1 heterocycles. The normalized spacial score (nSPS) is 11.1. The molecule has 0 spiro atoms. The molecule has 0 aliphatic rings.